The largest absolute Gasteiger partial charge is 0.487 e. The Balaban J connectivity index is 1.65. The Hall–Kier alpha value is -2.08. The van der Waals surface area contributed by atoms with E-state index in [4.69, 9.17) is 4.74 Å². The number of anilines is 1. The first-order valence-electron chi connectivity index (χ1n) is 7.73. The minimum atomic E-state index is -3.14. The second kappa shape index (κ2) is 6.58. The molecule has 6 heteroatoms. The van der Waals surface area contributed by atoms with Gasteiger partial charge < -0.3 is 9.64 Å². The van der Waals surface area contributed by atoms with Crippen molar-refractivity contribution < 1.29 is 13.2 Å². The number of pyridine rings is 1. The van der Waals surface area contributed by atoms with E-state index in [1.54, 1.807) is 31.5 Å². The summed E-state index contributed by atoms with van der Waals surface area (Å²) in [6, 6.07) is 10.9. The van der Waals surface area contributed by atoms with Crippen molar-refractivity contribution >= 4 is 15.5 Å². The van der Waals surface area contributed by atoms with E-state index in [9.17, 15) is 8.42 Å². The lowest BCUT2D eigenvalue weighted by Gasteiger charge is -2.19. The van der Waals surface area contributed by atoms with Crippen LogP contribution >= 0.6 is 0 Å². The summed E-state index contributed by atoms with van der Waals surface area (Å²) in [7, 11) is -3.14. The molecule has 0 bridgehead atoms. The average molecular weight is 332 g/mol. The van der Waals surface area contributed by atoms with Gasteiger partial charge in [0.05, 0.1) is 23.4 Å². The maximum absolute atomic E-state index is 11.8. The summed E-state index contributed by atoms with van der Waals surface area (Å²) in [6.45, 7) is 3.34. The van der Waals surface area contributed by atoms with Crippen molar-refractivity contribution in [3.8, 4) is 5.75 Å². The van der Waals surface area contributed by atoms with Gasteiger partial charge in [0.15, 0.2) is 9.84 Å². The molecule has 1 saturated heterocycles. The van der Waals surface area contributed by atoms with Crippen molar-refractivity contribution in [1.29, 1.82) is 0 Å². The summed E-state index contributed by atoms with van der Waals surface area (Å²) >= 11 is 0. The van der Waals surface area contributed by atoms with Crippen LogP contribution in [0.15, 0.2) is 53.7 Å². The van der Waals surface area contributed by atoms with Crippen LogP contribution in [0.4, 0.5) is 5.69 Å². The molecular formula is C17H20N2O3S. The molecule has 0 saturated carbocycles. The molecular weight excluding hydrogens is 312 g/mol. The molecule has 1 atom stereocenters. The Morgan fingerprint density at radius 2 is 2.04 bits per heavy atom. The zero-order valence-electron chi connectivity index (χ0n) is 13.1. The molecule has 1 aromatic carbocycles. The van der Waals surface area contributed by atoms with Gasteiger partial charge in [-0.15, -0.1) is 0 Å². The number of benzene rings is 1. The molecule has 2 aromatic rings. The standard InChI is InChI=1S/C17H20N2O3S/c1-2-23(20,21)17-7-5-14(6-8-17)19-11-9-16(13-19)22-15-4-3-10-18-12-15/h3-8,10,12,16H,2,9,11,13H2,1H3. The van der Waals surface area contributed by atoms with Crippen LogP contribution in [0.25, 0.3) is 0 Å². The first kappa shape index (κ1) is 15.8. The first-order chi connectivity index (χ1) is 11.1. The Bertz CT molecular complexity index is 745. The fourth-order valence-corrected chi connectivity index (χ4v) is 3.58. The Kier molecular flexibility index (Phi) is 4.52. The number of nitrogens with zero attached hydrogens (tertiary/aromatic N) is 2. The topological polar surface area (TPSA) is 59.5 Å². The molecule has 1 aromatic heterocycles. The quantitative estimate of drug-likeness (QED) is 0.842. The van der Waals surface area contributed by atoms with Crippen LogP contribution in [0.2, 0.25) is 0 Å². The summed E-state index contributed by atoms with van der Waals surface area (Å²) in [4.78, 5) is 6.64. The van der Waals surface area contributed by atoms with Crippen molar-refractivity contribution in [3.05, 3.63) is 48.8 Å². The first-order valence-corrected chi connectivity index (χ1v) is 9.38. The van der Waals surface area contributed by atoms with E-state index in [2.05, 4.69) is 9.88 Å². The molecule has 2 heterocycles. The minimum Gasteiger partial charge on any atom is -0.487 e. The number of sulfone groups is 1. The van der Waals surface area contributed by atoms with Crippen LogP contribution in [0.5, 0.6) is 5.75 Å². The second-order valence-electron chi connectivity index (χ2n) is 5.56. The second-order valence-corrected chi connectivity index (χ2v) is 7.84. The molecule has 0 aliphatic carbocycles. The highest BCUT2D eigenvalue weighted by molar-refractivity contribution is 7.91. The number of hydrogen-bond donors (Lipinski definition) is 0. The summed E-state index contributed by atoms with van der Waals surface area (Å²) < 4.78 is 29.6. The average Bonchev–Trinajstić information content (AvgIpc) is 3.04. The lowest BCUT2D eigenvalue weighted by atomic mass is 10.3. The van der Waals surface area contributed by atoms with E-state index < -0.39 is 9.84 Å². The Morgan fingerprint density at radius 3 is 2.70 bits per heavy atom. The maximum Gasteiger partial charge on any atom is 0.178 e. The highest BCUT2D eigenvalue weighted by Crippen LogP contribution is 2.24. The van der Waals surface area contributed by atoms with E-state index in [1.807, 2.05) is 24.3 Å². The van der Waals surface area contributed by atoms with E-state index in [1.165, 1.54) is 0 Å². The third kappa shape index (κ3) is 3.64. The third-order valence-electron chi connectivity index (χ3n) is 4.02. The summed E-state index contributed by atoms with van der Waals surface area (Å²) in [5, 5.41) is 0. The molecule has 0 amide bonds. The SMILES string of the molecule is CCS(=O)(=O)c1ccc(N2CCC(Oc3cccnc3)C2)cc1. The fourth-order valence-electron chi connectivity index (χ4n) is 2.70. The molecule has 0 spiro atoms. The molecule has 5 nitrogen and oxygen atoms in total. The van der Waals surface area contributed by atoms with Crippen LogP contribution in [-0.2, 0) is 9.84 Å². The van der Waals surface area contributed by atoms with Crippen molar-refractivity contribution in [2.75, 3.05) is 23.7 Å². The van der Waals surface area contributed by atoms with Crippen molar-refractivity contribution in [1.82, 2.24) is 4.98 Å². The predicted molar refractivity (Wildman–Crippen MR) is 89.7 cm³/mol. The van der Waals surface area contributed by atoms with Gasteiger partial charge in [-0.2, -0.15) is 0 Å². The number of aromatic nitrogens is 1. The van der Waals surface area contributed by atoms with Crippen LogP contribution in [0, 0.1) is 0 Å². The zero-order valence-corrected chi connectivity index (χ0v) is 13.9. The molecule has 0 N–H and O–H groups in total. The molecule has 1 aliphatic rings. The molecule has 1 unspecified atom stereocenters. The van der Waals surface area contributed by atoms with E-state index >= 15 is 0 Å². The van der Waals surface area contributed by atoms with Gasteiger partial charge in [-0.05, 0) is 36.4 Å². The number of hydrogen-bond acceptors (Lipinski definition) is 5. The lowest BCUT2D eigenvalue weighted by molar-refractivity contribution is 0.224. The molecule has 1 fully saturated rings. The fraction of sp³-hybridized carbons (Fsp3) is 0.353. The van der Waals surface area contributed by atoms with E-state index in [0.29, 0.717) is 4.90 Å². The molecule has 0 radical (unpaired) electrons. The summed E-state index contributed by atoms with van der Waals surface area (Å²) in [5.41, 5.74) is 1.03. The smallest absolute Gasteiger partial charge is 0.178 e. The van der Waals surface area contributed by atoms with Crippen molar-refractivity contribution in [2.45, 2.75) is 24.3 Å². The molecule has 122 valence electrons. The van der Waals surface area contributed by atoms with Gasteiger partial charge in [-0.1, -0.05) is 6.92 Å². The molecule has 3 rings (SSSR count). The van der Waals surface area contributed by atoms with Gasteiger partial charge in [-0.3, -0.25) is 4.98 Å². The zero-order chi connectivity index (χ0) is 16.3. The summed E-state index contributed by atoms with van der Waals surface area (Å²) in [6.07, 6.45) is 4.50. The predicted octanol–water partition coefficient (Wildman–Crippen LogP) is 2.53. The third-order valence-corrected chi connectivity index (χ3v) is 5.77. The number of rotatable bonds is 5. The van der Waals surface area contributed by atoms with Gasteiger partial charge >= 0.3 is 0 Å². The van der Waals surface area contributed by atoms with Crippen molar-refractivity contribution in [2.24, 2.45) is 0 Å². The van der Waals surface area contributed by atoms with E-state index in [0.717, 1.165) is 30.9 Å². The Labute approximate surface area is 136 Å². The Morgan fingerprint density at radius 1 is 1.26 bits per heavy atom. The minimum absolute atomic E-state index is 0.122. The van der Waals surface area contributed by atoms with Crippen LogP contribution < -0.4 is 9.64 Å². The van der Waals surface area contributed by atoms with Gasteiger partial charge in [0, 0.05) is 24.8 Å². The van der Waals surface area contributed by atoms with Crippen LogP contribution in [0.1, 0.15) is 13.3 Å². The lowest BCUT2D eigenvalue weighted by Crippen LogP contribution is -2.24. The molecule has 23 heavy (non-hydrogen) atoms. The van der Waals surface area contributed by atoms with Gasteiger partial charge in [0.1, 0.15) is 11.9 Å². The van der Waals surface area contributed by atoms with Gasteiger partial charge in [0.2, 0.25) is 0 Å². The normalized spacial score (nSPS) is 18.1. The molecule has 1 aliphatic heterocycles. The van der Waals surface area contributed by atoms with Gasteiger partial charge in [-0.25, -0.2) is 8.42 Å². The van der Waals surface area contributed by atoms with E-state index in [-0.39, 0.29) is 11.9 Å². The maximum atomic E-state index is 11.8. The summed E-state index contributed by atoms with van der Waals surface area (Å²) in [5.74, 6) is 0.903. The van der Waals surface area contributed by atoms with Crippen molar-refractivity contribution in [3.63, 3.8) is 0 Å². The van der Waals surface area contributed by atoms with Gasteiger partial charge in [0.25, 0.3) is 0 Å². The number of ether oxygens (including phenoxy) is 1. The highest BCUT2D eigenvalue weighted by Gasteiger charge is 2.24. The van der Waals surface area contributed by atoms with Crippen LogP contribution in [-0.4, -0.2) is 38.3 Å². The highest BCUT2D eigenvalue weighted by atomic mass is 32.2. The van der Waals surface area contributed by atoms with Crippen LogP contribution in [0.3, 0.4) is 0 Å². The monoisotopic (exact) mass is 332 g/mol.